The molecule has 0 unspecified atom stereocenters. The van der Waals surface area contributed by atoms with E-state index in [-0.39, 0.29) is 0 Å². The summed E-state index contributed by atoms with van der Waals surface area (Å²) in [6.07, 6.45) is 0.910. The number of rotatable bonds is 1. The smallest absolute Gasteiger partial charge is 0.109 e. The van der Waals surface area contributed by atoms with Gasteiger partial charge in [-0.3, -0.25) is 0 Å². The molecule has 2 rings (SSSR count). The zero-order valence-electron chi connectivity index (χ0n) is 8.28. The van der Waals surface area contributed by atoms with Crippen LogP contribution < -0.4 is 0 Å². The van der Waals surface area contributed by atoms with Crippen molar-refractivity contribution in [3.63, 3.8) is 0 Å². The summed E-state index contributed by atoms with van der Waals surface area (Å²) in [5, 5.41) is 8.77. The van der Waals surface area contributed by atoms with Gasteiger partial charge in [0.15, 0.2) is 0 Å². The highest BCUT2D eigenvalue weighted by Gasteiger charge is 2.05. The van der Waals surface area contributed by atoms with Crippen LogP contribution in [0.2, 0.25) is 0 Å². The molecule has 14 heavy (non-hydrogen) atoms. The van der Waals surface area contributed by atoms with E-state index in [0.717, 1.165) is 23.3 Å². The molecule has 70 valence electrons. The van der Waals surface area contributed by atoms with Gasteiger partial charge in [0.1, 0.15) is 5.82 Å². The lowest BCUT2D eigenvalue weighted by Crippen LogP contribution is -1.94. The maximum atomic E-state index is 8.77. The molecular formula is C11H11N3. The van der Waals surface area contributed by atoms with Crippen LogP contribution >= 0.6 is 0 Å². The van der Waals surface area contributed by atoms with Crippen LogP contribution in [0.3, 0.4) is 0 Å². The second-order valence-corrected chi connectivity index (χ2v) is 3.26. The largest absolute Gasteiger partial charge is 0.331 e. The Kier molecular flexibility index (Phi) is 1.97. The normalized spacial score (nSPS) is 10.4. The van der Waals surface area contributed by atoms with Gasteiger partial charge >= 0.3 is 0 Å². The van der Waals surface area contributed by atoms with Gasteiger partial charge < -0.3 is 4.57 Å². The van der Waals surface area contributed by atoms with E-state index >= 15 is 0 Å². The quantitative estimate of drug-likeness (QED) is 0.682. The average Bonchev–Trinajstić information content (AvgIpc) is 2.55. The molecule has 0 N–H and O–H groups in total. The topological polar surface area (TPSA) is 41.6 Å². The molecule has 1 aromatic heterocycles. The standard InChI is InChI=1S/C11H11N3/c1-3-11-13-9-5-4-8(7-12)6-10(9)14(11)2/h4-6H,3H2,1-2H3. The molecule has 0 fully saturated rings. The van der Waals surface area contributed by atoms with E-state index in [1.807, 2.05) is 23.7 Å². The highest BCUT2D eigenvalue weighted by atomic mass is 15.1. The van der Waals surface area contributed by atoms with Crippen LogP contribution in [0, 0.1) is 11.3 Å². The molecule has 0 aliphatic carbocycles. The number of nitrogens with zero attached hydrogens (tertiary/aromatic N) is 3. The SMILES string of the molecule is CCc1nc2ccc(C#N)cc2n1C. The number of hydrogen-bond donors (Lipinski definition) is 0. The minimum Gasteiger partial charge on any atom is -0.331 e. The first-order valence-electron chi connectivity index (χ1n) is 4.61. The van der Waals surface area contributed by atoms with Gasteiger partial charge in [-0.2, -0.15) is 5.26 Å². The summed E-state index contributed by atoms with van der Waals surface area (Å²) in [6, 6.07) is 7.71. The molecule has 0 bridgehead atoms. The molecule has 3 heteroatoms. The van der Waals surface area contributed by atoms with Crippen LogP contribution in [-0.2, 0) is 13.5 Å². The summed E-state index contributed by atoms with van der Waals surface area (Å²) in [7, 11) is 1.98. The summed E-state index contributed by atoms with van der Waals surface area (Å²) >= 11 is 0. The van der Waals surface area contributed by atoms with Gasteiger partial charge in [-0.05, 0) is 18.2 Å². The van der Waals surface area contributed by atoms with Crippen molar-refractivity contribution in [1.82, 2.24) is 9.55 Å². The number of aryl methyl sites for hydroxylation is 2. The lowest BCUT2D eigenvalue weighted by Gasteiger charge is -1.97. The monoisotopic (exact) mass is 185 g/mol. The van der Waals surface area contributed by atoms with Gasteiger partial charge in [0.2, 0.25) is 0 Å². The Labute approximate surface area is 82.6 Å². The van der Waals surface area contributed by atoms with Gasteiger partial charge in [0.05, 0.1) is 22.7 Å². The van der Waals surface area contributed by atoms with Gasteiger partial charge in [-0.1, -0.05) is 6.92 Å². The molecule has 1 aromatic carbocycles. The van der Waals surface area contributed by atoms with Gasteiger partial charge in [0.25, 0.3) is 0 Å². The highest BCUT2D eigenvalue weighted by molar-refractivity contribution is 5.77. The zero-order chi connectivity index (χ0) is 10.1. The van der Waals surface area contributed by atoms with Crippen LogP contribution in [0.15, 0.2) is 18.2 Å². The van der Waals surface area contributed by atoms with Crippen molar-refractivity contribution < 1.29 is 0 Å². The number of nitriles is 1. The molecule has 0 radical (unpaired) electrons. The molecule has 0 spiro atoms. The predicted octanol–water partition coefficient (Wildman–Crippen LogP) is 2.01. The fourth-order valence-corrected chi connectivity index (χ4v) is 1.63. The second-order valence-electron chi connectivity index (χ2n) is 3.26. The Morgan fingerprint density at radius 3 is 2.93 bits per heavy atom. The first-order valence-corrected chi connectivity index (χ1v) is 4.61. The summed E-state index contributed by atoms with van der Waals surface area (Å²) in [5.41, 5.74) is 2.67. The maximum Gasteiger partial charge on any atom is 0.109 e. The van der Waals surface area contributed by atoms with Crippen molar-refractivity contribution in [3.05, 3.63) is 29.6 Å². The third-order valence-corrected chi connectivity index (χ3v) is 2.42. The summed E-state index contributed by atoms with van der Waals surface area (Å²) in [5.74, 6) is 1.05. The maximum absolute atomic E-state index is 8.77. The van der Waals surface area contributed by atoms with E-state index in [1.165, 1.54) is 0 Å². The number of imidazole rings is 1. The molecular weight excluding hydrogens is 174 g/mol. The molecule has 0 saturated carbocycles. The van der Waals surface area contributed by atoms with E-state index in [9.17, 15) is 0 Å². The molecule has 3 nitrogen and oxygen atoms in total. The fourth-order valence-electron chi connectivity index (χ4n) is 1.63. The van der Waals surface area contributed by atoms with Crippen molar-refractivity contribution >= 4 is 11.0 Å². The van der Waals surface area contributed by atoms with Crippen LogP contribution in [0.4, 0.5) is 0 Å². The van der Waals surface area contributed by atoms with Crippen LogP contribution in [0.5, 0.6) is 0 Å². The Morgan fingerprint density at radius 1 is 1.50 bits per heavy atom. The molecule has 0 aliphatic heterocycles. The summed E-state index contributed by atoms with van der Waals surface area (Å²) < 4.78 is 2.04. The zero-order valence-corrected chi connectivity index (χ0v) is 8.28. The molecule has 0 aliphatic rings. The summed E-state index contributed by atoms with van der Waals surface area (Å²) in [6.45, 7) is 2.08. The van der Waals surface area contributed by atoms with Crippen molar-refractivity contribution in [2.24, 2.45) is 7.05 Å². The van der Waals surface area contributed by atoms with Gasteiger partial charge in [-0.15, -0.1) is 0 Å². The third kappa shape index (κ3) is 1.16. The third-order valence-electron chi connectivity index (χ3n) is 2.42. The van der Waals surface area contributed by atoms with Gasteiger partial charge in [-0.25, -0.2) is 4.98 Å². The van der Waals surface area contributed by atoms with E-state index in [2.05, 4.69) is 18.0 Å². The summed E-state index contributed by atoms with van der Waals surface area (Å²) in [4.78, 5) is 4.46. The number of fused-ring (bicyclic) bond motifs is 1. The molecule has 0 atom stereocenters. The van der Waals surface area contributed by atoms with Crippen molar-refractivity contribution in [2.45, 2.75) is 13.3 Å². The van der Waals surface area contributed by atoms with Crippen molar-refractivity contribution in [1.29, 1.82) is 5.26 Å². The Hall–Kier alpha value is -1.82. The molecule has 2 aromatic rings. The number of benzene rings is 1. The predicted molar refractivity (Wildman–Crippen MR) is 54.8 cm³/mol. The van der Waals surface area contributed by atoms with Crippen molar-refractivity contribution in [2.75, 3.05) is 0 Å². The highest BCUT2D eigenvalue weighted by Crippen LogP contribution is 2.16. The van der Waals surface area contributed by atoms with Crippen molar-refractivity contribution in [3.8, 4) is 6.07 Å². The van der Waals surface area contributed by atoms with E-state index in [4.69, 9.17) is 5.26 Å². The van der Waals surface area contributed by atoms with Crippen LogP contribution in [-0.4, -0.2) is 9.55 Å². The Morgan fingerprint density at radius 2 is 2.29 bits per heavy atom. The lowest BCUT2D eigenvalue weighted by molar-refractivity contribution is 0.829. The average molecular weight is 185 g/mol. The Balaban J connectivity index is 2.75. The second kappa shape index (κ2) is 3.15. The van der Waals surface area contributed by atoms with Crippen LogP contribution in [0.1, 0.15) is 18.3 Å². The van der Waals surface area contributed by atoms with E-state index < -0.39 is 0 Å². The minimum atomic E-state index is 0.683. The number of hydrogen-bond acceptors (Lipinski definition) is 2. The lowest BCUT2D eigenvalue weighted by atomic mass is 10.2. The fraction of sp³-hybridized carbons (Fsp3) is 0.273. The van der Waals surface area contributed by atoms with E-state index in [0.29, 0.717) is 5.56 Å². The first-order chi connectivity index (χ1) is 6.76. The van der Waals surface area contributed by atoms with E-state index in [1.54, 1.807) is 6.07 Å². The van der Waals surface area contributed by atoms with Gasteiger partial charge in [0, 0.05) is 13.5 Å². The number of aromatic nitrogens is 2. The van der Waals surface area contributed by atoms with Crippen LogP contribution in [0.25, 0.3) is 11.0 Å². The minimum absolute atomic E-state index is 0.683. The molecule has 1 heterocycles. The first kappa shape index (κ1) is 8.76. The molecule has 0 amide bonds. The Bertz CT molecular complexity index is 517. The molecule has 0 saturated heterocycles.